The molecule has 0 fully saturated rings. The molecule has 5 heteroatoms. The SMILES string of the molecule is Fc1ccc(OCCn2cccn2)c(C#CCCl)c1. The van der Waals surface area contributed by atoms with Crippen LogP contribution in [0.25, 0.3) is 0 Å². The summed E-state index contributed by atoms with van der Waals surface area (Å²) in [5.41, 5.74) is 0.501. The van der Waals surface area contributed by atoms with Gasteiger partial charge in [-0.3, -0.25) is 4.68 Å². The molecule has 0 spiro atoms. The molecule has 0 aliphatic heterocycles. The van der Waals surface area contributed by atoms with Crippen molar-refractivity contribution in [2.45, 2.75) is 6.54 Å². The van der Waals surface area contributed by atoms with E-state index in [2.05, 4.69) is 16.9 Å². The largest absolute Gasteiger partial charge is 0.490 e. The summed E-state index contributed by atoms with van der Waals surface area (Å²) >= 11 is 5.50. The molecule has 0 aliphatic rings. The Morgan fingerprint density at radius 2 is 2.32 bits per heavy atom. The maximum atomic E-state index is 13.1. The van der Waals surface area contributed by atoms with Crippen LogP contribution in [0.2, 0.25) is 0 Å². The first kappa shape index (κ1) is 13.4. The number of aromatic nitrogens is 2. The second-order valence-corrected chi connectivity index (χ2v) is 3.96. The molecule has 0 N–H and O–H groups in total. The van der Waals surface area contributed by atoms with E-state index in [4.69, 9.17) is 16.3 Å². The predicted octanol–water partition coefficient (Wildman–Crippen LogP) is 2.69. The zero-order chi connectivity index (χ0) is 13.5. The predicted molar refractivity (Wildman–Crippen MR) is 71.7 cm³/mol. The lowest BCUT2D eigenvalue weighted by atomic mass is 10.2. The maximum absolute atomic E-state index is 13.1. The van der Waals surface area contributed by atoms with Crippen LogP contribution >= 0.6 is 11.6 Å². The third-order valence-corrected chi connectivity index (χ3v) is 2.50. The molecule has 0 aliphatic carbocycles. The third kappa shape index (κ3) is 4.01. The van der Waals surface area contributed by atoms with E-state index in [0.29, 0.717) is 24.5 Å². The van der Waals surface area contributed by atoms with E-state index in [9.17, 15) is 4.39 Å². The van der Waals surface area contributed by atoms with Crippen LogP contribution in [-0.2, 0) is 6.54 Å². The second kappa shape index (κ2) is 6.81. The molecule has 1 aromatic carbocycles. The Balaban J connectivity index is 2.02. The van der Waals surface area contributed by atoms with Crippen molar-refractivity contribution in [3.63, 3.8) is 0 Å². The zero-order valence-electron chi connectivity index (χ0n) is 10.1. The Labute approximate surface area is 116 Å². The summed E-state index contributed by atoms with van der Waals surface area (Å²) in [7, 11) is 0. The molecule has 0 unspecified atom stereocenters. The van der Waals surface area contributed by atoms with Crippen LogP contribution in [0, 0.1) is 17.7 Å². The van der Waals surface area contributed by atoms with Crippen LogP contribution in [0.4, 0.5) is 4.39 Å². The summed E-state index contributed by atoms with van der Waals surface area (Å²) in [5.74, 6) is 5.86. The van der Waals surface area contributed by atoms with Crippen molar-refractivity contribution in [3.05, 3.63) is 48.0 Å². The number of alkyl halides is 1. The van der Waals surface area contributed by atoms with E-state index < -0.39 is 0 Å². The van der Waals surface area contributed by atoms with Crippen molar-refractivity contribution >= 4 is 11.6 Å². The summed E-state index contributed by atoms with van der Waals surface area (Å²) in [4.78, 5) is 0. The van der Waals surface area contributed by atoms with E-state index in [0.717, 1.165) is 0 Å². The maximum Gasteiger partial charge on any atom is 0.135 e. The second-order valence-electron chi connectivity index (χ2n) is 3.69. The van der Waals surface area contributed by atoms with Gasteiger partial charge in [0.1, 0.15) is 18.2 Å². The Bertz CT molecular complexity index is 587. The average molecular weight is 279 g/mol. The molecule has 0 bridgehead atoms. The lowest BCUT2D eigenvalue weighted by molar-refractivity contribution is 0.290. The molecule has 1 aromatic heterocycles. The smallest absolute Gasteiger partial charge is 0.135 e. The molecule has 0 saturated carbocycles. The van der Waals surface area contributed by atoms with Gasteiger partial charge < -0.3 is 4.74 Å². The number of rotatable bonds is 4. The number of halogens is 2. The first-order valence-corrected chi connectivity index (χ1v) is 6.27. The van der Waals surface area contributed by atoms with Crippen LogP contribution < -0.4 is 4.74 Å². The number of nitrogens with zero attached hydrogens (tertiary/aromatic N) is 2. The Morgan fingerprint density at radius 3 is 3.05 bits per heavy atom. The fourth-order valence-electron chi connectivity index (χ4n) is 1.54. The molecule has 19 heavy (non-hydrogen) atoms. The van der Waals surface area contributed by atoms with E-state index in [1.165, 1.54) is 12.1 Å². The lowest BCUT2D eigenvalue weighted by Crippen LogP contribution is -2.09. The van der Waals surface area contributed by atoms with Gasteiger partial charge >= 0.3 is 0 Å². The van der Waals surface area contributed by atoms with E-state index in [1.54, 1.807) is 16.9 Å². The Morgan fingerprint density at radius 1 is 1.42 bits per heavy atom. The fourth-order valence-corrected chi connectivity index (χ4v) is 1.60. The quantitative estimate of drug-likeness (QED) is 0.635. The van der Waals surface area contributed by atoms with Crippen molar-refractivity contribution in [2.24, 2.45) is 0 Å². The van der Waals surface area contributed by atoms with Gasteiger partial charge in [-0.15, -0.1) is 11.6 Å². The standard InChI is InChI=1S/C14H12ClFN2O/c15-6-1-3-12-11-13(16)4-5-14(12)19-10-9-18-8-2-7-17-18/h2,4-5,7-8,11H,6,9-10H2. The van der Waals surface area contributed by atoms with Crippen molar-refractivity contribution in [1.82, 2.24) is 9.78 Å². The van der Waals surface area contributed by atoms with Crippen LogP contribution in [0.3, 0.4) is 0 Å². The molecule has 3 nitrogen and oxygen atoms in total. The van der Waals surface area contributed by atoms with E-state index in [1.807, 2.05) is 12.3 Å². The van der Waals surface area contributed by atoms with E-state index >= 15 is 0 Å². The number of benzene rings is 1. The highest BCUT2D eigenvalue weighted by atomic mass is 35.5. The lowest BCUT2D eigenvalue weighted by Gasteiger charge is -2.08. The summed E-state index contributed by atoms with van der Waals surface area (Å²) in [6, 6.07) is 6.09. The molecule has 2 aromatic rings. The average Bonchev–Trinajstić information content (AvgIpc) is 2.91. The number of hydrogen-bond acceptors (Lipinski definition) is 2. The highest BCUT2D eigenvalue weighted by Gasteiger charge is 2.03. The van der Waals surface area contributed by atoms with Crippen molar-refractivity contribution < 1.29 is 9.13 Å². The summed E-state index contributed by atoms with van der Waals surface area (Å²) in [6.07, 6.45) is 3.55. The van der Waals surface area contributed by atoms with Gasteiger partial charge in [-0.1, -0.05) is 11.8 Å². The third-order valence-electron chi connectivity index (χ3n) is 2.37. The van der Waals surface area contributed by atoms with Gasteiger partial charge in [0.2, 0.25) is 0 Å². The Kier molecular flexibility index (Phi) is 4.82. The molecule has 2 rings (SSSR count). The molecule has 1 heterocycles. The summed E-state index contributed by atoms with van der Waals surface area (Å²) in [6.45, 7) is 1.05. The zero-order valence-corrected chi connectivity index (χ0v) is 10.9. The highest BCUT2D eigenvalue weighted by molar-refractivity contribution is 6.19. The molecular weight excluding hydrogens is 267 g/mol. The minimum atomic E-state index is -0.349. The van der Waals surface area contributed by atoms with Crippen molar-refractivity contribution in [3.8, 4) is 17.6 Å². The van der Waals surface area contributed by atoms with Gasteiger partial charge in [-0.25, -0.2) is 4.39 Å². The van der Waals surface area contributed by atoms with Crippen LogP contribution in [-0.4, -0.2) is 22.3 Å². The minimum absolute atomic E-state index is 0.198. The highest BCUT2D eigenvalue weighted by Crippen LogP contribution is 2.18. The summed E-state index contributed by atoms with van der Waals surface area (Å²) in [5, 5.41) is 4.06. The number of ether oxygens (including phenoxy) is 1. The van der Waals surface area contributed by atoms with Gasteiger partial charge in [0.05, 0.1) is 18.0 Å². The van der Waals surface area contributed by atoms with Gasteiger partial charge in [-0.2, -0.15) is 5.10 Å². The molecule has 98 valence electrons. The first-order chi connectivity index (χ1) is 9.29. The van der Waals surface area contributed by atoms with Crippen LogP contribution in [0.1, 0.15) is 5.56 Å². The molecule has 0 amide bonds. The topological polar surface area (TPSA) is 27.1 Å². The van der Waals surface area contributed by atoms with Gasteiger partial charge in [0.25, 0.3) is 0 Å². The Hall–Kier alpha value is -1.99. The van der Waals surface area contributed by atoms with Crippen LogP contribution in [0.5, 0.6) is 5.75 Å². The normalized spacial score (nSPS) is 9.79. The molecule has 0 atom stereocenters. The first-order valence-electron chi connectivity index (χ1n) is 5.74. The van der Waals surface area contributed by atoms with Crippen LogP contribution in [0.15, 0.2) is 36.7 Å². The minimum Gasteiger partial charge on any atom is -0.490 e. The van der Waals surface area contributed by atoms with Gasteiger partial charge in [-0.05, 0) is 24.3 Å². The van der Waals surface area contributed by atoms with E-state index in [-0.39, 0.29) is 11.7 Å². The van der Waals surface area contributed by atoms with Crippen molar-refractivity contribution in [2.75, 3.05) is 12.5 Å². The molecule has 0 saturated heterocycles. The van der Waals surface area contributed by atoms with Gasteiger partial charge in [0, 0.05) is 12.4 Å². The van der Waals surface area contributed by atoms with Gasteiger partial charge in [0.15, 0.2) is 0 Å². The monoisotopic (exact) mass is 278 g/mol. The molecular formula is C14H12ClFN2O. The molecule has 0 radical (unpaired) electrons. The number of hydrogen-bond donors (Lipinski definition) is 0. The summed E-state index contributed by atoms with van der Waals surface area (Å²) < 4.78 is 20.5. The van der Waals surface area contributed by atoms with Crippen molar-refractivity contribution in [1.29, 1.82) is 0 Å². The fraction of sp³-hybridized carbons (Fsp3) is 0.214.